The van der Waals surface area contributed by atoms with E-state index in [0.717, 1.165) is 22.8 Å². The highest BCUT2D eigenvalue weighted by Gasteiger charge is 2.22. The number of phenols is 1. The summed E-state index contributed by atoms with van der Waals surface area (Å²) in [6, 6.07) is 9.40. The number of carbonyl (C=O) groups excluding carboxylic acids is 2. The van der Waals surface area contributed by atoms with Gasteiger partial charge >= 0.3 is 12.2 Å². The van der Waals surface area contributed by atoms with Crippen LogP contribution in [0.1, 0.15) is 13.8 Å². The van der Waals surface area contributed by atoms with Crippen LogP contribution in [0, 0.1) is 5.82 Å². The minimum atomic E-state index is -1.00. The maximum atomic E-state index is 14.2. The van der Waals surface area contributed by atoms with E-state index in [1.54, 1.807) is 38.1 Å². The molecule has 0 aliphatic rings. The molecule has 1 heterocycles. The molecule has 156 valence electrons. The Balaban J connectivity index is 2.34. The number of pyridine rings is 1. The van der Waals surface area contributed by atoms with Crippen LogP contribution in [0.4, 0.5) is 19.7 Å². The SMILES string of the molecule is CCOC(=O)Nc1cc(O)c(F)cc1-c1cc(=O)c2ccccc2n1C(=O)OCC. The Morgan fingerprint density at radius 1 is 1.10 bits per heavy atom. The molecule has 0 aliphatic carbocycles. The molecule has 30 heavy (non-hydrogen) atoms. The van der Waals surface area contributed by atoms with Gasteiger partial charge in [-0.15, -0.1) is 0 Å². The summed E-state index contributed by atoms with van der Waals surface area (Å²) in [5, 5.41) is 12.4. The van der Waals surface area contributed by atoms with E-state index in [0.29, 0.717) is 0 Å². The molecule has 0 radical (unpaired) electrons. The normalized spacial score (nSPS) is 10.6. The molecule has 0 aliphatic heterocycles. The predicted molar refractivity (Wildman–Crippen MR) is 108 cm³/mol. The number of phenolic OH excluding ortho intramolecular Hbond substituents is 1. The Bertz CT molecular complexity index is 1190. The second kappa shape index (κ2) is 8.64. The van der Waals surface area contributed by atoms with Gasteiger partial charge in [0, 0.05) is 23.1 Å². The second-order valence-electron chi connectivity index (χ2n) is 6.14. The minimum absolute atomic E-state index is 0.0192. The van der Waals surface area contributed by atoms with Gasteiger partial charge in [-0.3, -0.25) is 10.1 Å². The molecule has 0 saturated carbocycles. The van der Waals surface area contributed by atoms with Crippen molar-refractivity contribution in [3.05, 3.63) is 58.5 Å². The first-order chi connectivity index (χ1) is 14.4. The van der Waals surface area contributed by atoms with Crippen LogP contribution in [0.2, 0.25) is 0 Å². The predicted octanol–water partition coefficient (Wildman–Crippen LogP) is 4.09. The Labute approximate surface area is 170 Å². The molecule has 1 amide bonds. The zero-order valence-corrected chi connectivity index (χ0v) is 16.3. The molecule has 3 rings (SSSR count). The van der Waals surface area contributed by atoms with Crippen LogP contribution in [0.3, 0.4) is 0 Å². The third-order valence-electron chi connectivity index (χ3n) is 4.24. The fraction of sp³-hybridized carbons (Fsp3) is 0.190. The Hall–Kier alpha value is -3.88. The van der Waals surface area contributed by atoms with Crippen molar-refractivity contribution in [3.8, 4) is 17.0 Å². The lowest BCUT2D eigenvalue weighted by atomic mass is 10.1. The number of fused-ring (bicyclic) bond motifs is 1. The van der Waals surface area contributed by atoms with Crippen molar-refractivity contribution in [1.29, 1.82) is 0 Å². The van der Waals surface area contributed by atoms with E-state index in [1.165, 1.54) is 0 Å². The lowest BCUT2D eigenvalue weighted by Crippen LogP contribution is -2.21. The number of carbonyl (C=O) groups is 2. The number of anilines is 1. The summed E-state index contributed by atoms with van der Waals surface area (Å²) in [5.41, 5.74) is -0.275. The highest BCUT2D eigenvalue weighted by Crippen LogP contribution is 2.34. The number of hydrogen-bond acceptors (Lipinski definition) is 6. The molecule has 0 fully saturated rings. The molecule has 0 bridgehead atoms. The third kappa shape index (κ3) is 3.95. The number of hydrogen-bond donors (Lipinski definition) is 2. The Morgan fingerprint density at radius 3 is 2.50 bits per heavy atom. The molecule has 0 saturated heterocycles. The summed E-state index contributed by atoms with van der Waals surface area (Å²) in [6.45, 7) is 3.37. The molecule has 0 atom stereocenters. The lowest BCUT2D eigenvalue weighted by Gasteiger charge is -2.18. The van der Waals surface area contributed by atoms with Crippen molar-refractivity contribution < 1.29 is 28.6 Å². The topological polar surface area (TPSA) is 107 Å². The van der Waals surface area contributed by atoms with Crippen LogP contribution in [-0.2, 0) is 9.47 Å². The zero-order chi connectivity index (χ0) is 21.8. The molecular weight excluding hydrogens is 395 g/mol. The van der Waals surface area contributed by atoms with Gasteiger partial charge in [-0.25, -0.2) is 18.5 Å². The van der Waals surface area contributed by atoms with Crippen molar-refractivity contribution in [2.45, 2.75) is 13.8 Å². The molecule has 9 heteroatoms. The van der Waals surface area contributed by atoms with E-state index in [9.17, 15) is 23.9 Å². The number of ether oxygens (including phenoxy) is 2. The van der Waals surface area contributed by atoms with Gasteiger partial charge < -0.3 is 14.6 Å². The summed E-state index contributed by atoms with van der Waals surface area (Å²) in [4.78, 5) is 37.3. The van der Waals surface area contributed by atoms with Crippen molar-refractivity contribution in [2.75, 3.05) is 18.5 Å². The van der Waals surface area contributed by atoms with Crippen LogP contribution in [0.5, 0.6) is 5.75 Å². The van der Waals surface area contributed by atoms with Crippen LogP contribution >= 0.6 is 0 Å². The number of nitrogens with zero attached hydrogens (tertiary/aromatic N) is 1. The Morgan fingerprint density at radius 2 is 1.80 bits per heavy atom. The zero-order valence-electron chi connectivity index (χ0n) is 16.3. The largest absolute Gasteiger partial charge is 0.505 e. The van der Waals surface area contributed by atoms with E-state index in [-0.39, 0.29) is 41.1 Å². The van der Waals surface area contributed by atoms with E-state index in [2.05, 4.69) is 5.32 Å². The second-order valence-corrected chi connectivity index (χ2v) is 6.14. The van der Waals surface area contributed by atoms with Crippen molar-refractivity contribution >= 4 is 28.8 Å². The van der Waals surface area contributed by atoms with Crippen LogP contribution in [0.15, 0.2) is 47.3 Å². The Kier molecular flexibility index (Phi) is 6.01. The van der Waals surface area contributed by atoms with Gasteiger partial charge in [0.1, 0.15) is 0 Å². The molecule has 1 aromatic heterocycles. The summed E-state index contributed by atoms with van der Waals surface area (Å²) < 4.78 is 25.3. The van der Waals surface area contributed by atoms with Gasteiger partial charge in [0.05, 0.1) is 30.1 Å². The van der Waals surface area contributed by atoms with Gasteiger partial charge in [-0.1, -0.05) is 12.1 Å². The fourth-order valence-corrected chi connectivity index (χ4v) is 3.01. The van der Waals surface area contributed by atoms with Gasteiger partial charge in [0.15, 0.2) is 17.0 Å². The van der Waals surface area contributed by atoms with Crippen molar-refractivity contribution in [2.24, 2.45) is 0 Å². The van der Waals surface area contributed by atoms with E-state index >= 15 is 0 Å². The number of nitrogens with one attached hydrogen (secondary N) is 1. The maximum Gasteiger partial charge on any atom is 0.418 e. The van der Waals surface area contributed by atoms with Gasteiger partial charge in [0.2, 0.25) is 0 Å². The molecule has 2 aromatic carbocycles. The van der Waals surface area contributed by atoms with Gasteiger partial charge in [0.25, 0.3) is 0 Å². The van der Waals surface area contributed by atoms with E-state index in [1.807, 2.05) is 0 Å². The fourth-order valence-electron chi connectivity index (χ4n) is 3.01. The first-order valence-corrected chi connectivity index (χ1v) is 9.15. The summed E-state index contributed by atoms with van der Waals surface area (Å²) in [5.74, 6) is -1.73. The monoisotopic (exact) mass is 414 g/mol. The summed E-state index contributed by atoms with van der Waals surface area (Å²) in [7, 11) is 0. The molecular formula is C21H19FN2O6. The van der Waals surface area contributed by atoms with Crippen LogP contribution in [-0.4, -0.2) is 35.1 Å². The van der Waals surface area contributed by atoms with Gasteiger partial charge in [-0.05, 0) is 32.0 Å². The number of benzene rings is 2. The first kappa shape index (κ1) is 20.8. The molecule has 2 N–H and O–H groups in total. The highest BCUT2D eigenvalue weighted by molar-refractivity contribution is 5.97. The average molecular weight is 414 g/mol. The highest BCUT2D eigenvalue weighted by atomic mass is 19.1. The number of amides is 1. The maximum absolute atomic E-state index is 14.2. The molecule has 3 aromatic rings. The smallest absolute Gasteiger partial charge is 0.418 e. The van der Waals surface area contributed by atoms with Crippen LogP contribution in [0.25, 0.3) is 22.2 Å². The summed E-state index contributed by atoms with van der Waals surface area (Å²) >= 11 is 0. The summed E-state index contributed by atoms with van der Waals surface area (Å²) in [6.07, 6.45) is -1.64. The van der Waals surface area contributed by atoms with E-state index < -0.39 is 29.2 Å². The van der Waals surface area contributed by atoms with Crippen LogP contribution < -0.4 is 10.7 Å². The number of para-hydroxylation sites is 1. The minimum Gasteiger partial charge on any atom is -0.505 e. The lowest BCUT2D eigenvalue weighted by molar-refractivity contribution is 0.155. The first-order valence-electron chi connectivity index (χ1n) is 9.15. The molecule has 0 spiro atoms. The molecule has 8 nitrogen and oxygen atoms in total. The van der Waals surface area contributed by atoms with E-state index in [4.69, 9.17) is 9.47 Å². The van der Waals surface area contributed by atoms with Crippen molar-refractivity contribution in [3.63, 3.8) is 0 Å². The number of aromatic hydroxyl groups is 1. The third-order valence-corrected chi connectivity index (χ3v) is 4.24. The van der Waals surface area contributed by atoms with Crippen molar-refractivity contribution in [1.82, 2.24) is 4.57 Å². The molecule has 0 unspecified atom stereocenters. The quantitative estimate of drug-likeness (QED) is 0.666. The number of rotatable bonds is 4. The number of aromatic nitrogens is 1. The standard InChI is InChI=1S/C21H19FN2O6/c1-3-29-20(27)23-15-10-19(26)14(22)9-13(15)17-11-18(25)12-7-5-6-8-16(12)24(17)21(28)30-4-2/h5-11,26H,3-4H2,1-2H3,(H,23,27). The van der Waals surface area contributed by atoms with Gasteiger partial charge in [-0.2, -0.15) is 0 Å². The average Bonchev–Trinajstić information content (AvgIpc) is 2.71. The number of halogens is 1.